The lowest BCUT2D eigenvalue weighted by atomic mass is 9.87. The number of hydrogen-bond donors (Lipinski definition) is 2. The molecule has 2 N–H and O–H groups in total. The number of ether oxygens (including phenoxy) is 1. The number of nitrogens with zero attached hydrogens (tertiary/aromatic N) is 3. The number of carbonyl (C=O) groups is 1. The molecule has 140 valence electrons. The van der Waals surface area contributed by atoms with Crippen LogP contribution in [0.3, 0.4) is 0 Å². The van der Waals surface area contributed by atoms with Crippen molar-refractivity contribution in [3.63, 3.8) is 0 Å². The van der Waals surface area contributed by atoms with Crippen LogP contribution in [0.1, 0.15) is 29.4 Å². The average molecular weight is 373 g/mol. The molecule has 0 spiro atoms. The smallest absolute Gasteiger partial charge is 0.226 e. The second-order valence-corrected chi connectivity index (χ2v) is 6.90. The van der Waals surface area contributed by atoms with Gasteiger partial charge in [-0.2, -0.15) is 5.10 Å². The summed E-state index contributed by atoms with van der Waals surface area (Å²) in [6.45, 7) is 1.97. The number of nitrogens with one attached hydrogen (secondary N) is 2. The third-order valence-corrected chi connectivity index (χ3v) is 5.24. The van der Waals surface area contributed by atoms with Gasteiger partial charge in [0.05, 0.1) is 24.0 Å². The lowest BCUT2D eigenvalue weighted by Gasteiger charge is -2.22. The van der Waals surface area contributed by atoms with Crippen molar-refractivity contribution in [3.8, 4) is 17.0 Å². The number of hydrogen-bond acceptors (Lipinski definition) is 4. The first-order chi connectivity index (χ1) is 13.7. The Morgan fingerprint density at radius 1 is 1.21 bits per heavy atom. The van der Waals surface area contributed by atoms with Crippen LogP contribution in [0, 0.1) is 6.92 Å². The number of rotatable bonds is 3. The molecule has 0 saturated carbocycles. The normalized spacial score (nSPS) is 16.1. The summed E-state index contributed by atoms with van der Waals surface area (Å²) in [6, 6.07) is 13.8. The van der Waals surface area contributed by atoms with Crippen LogP contribution in [0.2, 0.25) is 0 Å². The van der Waals surface area contributed by atoms with Crippen molar-refractivity contribution >= 4 is 17.2 Å². The Morgan fingerprint density at radius 3 is 2.96 bits per heavy atom. The number of amides is 1. The highest BCUT2D eigenvalue weighted by molar-refractivity contribution is 5.96. The van der Waals surface area contributed by atoms with Crippen molar-refractivity contribution in [1.82, 2.24) is 19.6 Å². The molecule has 1 atom stereocenters. The minimum absolute atomic E-state index is 0.0593. The van der Waals surface area contributed by atoms with E-state index in [0.717, 1.165) is 39.6 Å². The summed E-state index contributed by atoms with van der Waals surface area (Å²) in [5.74, 6) is 1.98. The number of aromatic nitrogens is 4. The van der Waals surface area contributed by atoms with E-state index in [-0.39, 0.29) is 11.8 Å². The lowest BCUT2D eigenvalue weighted by molar-refractivity contribution is -0.116. The van der Waals surface area contributed by atoms with Gasteiger partial charge < -0.3 is 14.5 Å². The Balaban J connectivity index is 1.72. The van der Waals surface area contributed by atoms with Gasteiger partial charge in [0.1, 0.15) is 11.6 Å². The Bertz CT molecular complexity index is 1210. The van der Waals surface area contributed by atoms with E-state index in [0.29, 0.717) is 12.2 Å². The van der Waals surface area contributed by atoms with Crippen LogP contribution in [0.4, 0.5) is 5.82 Å². The van der Waals surface area contributed by atoms with E-state index in [1.54, 1.807) is 7.11 Å². The maximum atomic E-state index is 12.4. The third-order valence-electron chi connectivity index (χ3n) is 5.24. The molecule has 0 fully saturated rings. The van der Waals surface area contributed by atoms with Gasteiger partial charge >= 0.3 is 0 Å². The van der Waals surface area contributed by atoms with Gasteiger partial charge in [-0.1, -0.05) is 18.2 Å². The first kappa shape index (κ1) is 16.6. The molecule has 0 radical (unpaired) electrons. The van der Waals surface area contributed by atoms with Gasteiger partial charge in [0, 0.05) is 29.7 Å². The topological polar surface area (TPSA) is 84.3 Å². The highest BCUT2D eigenvalue weighted by atomic mass is 16.5. The SMILES string of the molecule is COc1cccc(-c2[nH]nc3c2[C@H](c2nc(C)n4ccccc24)CC(=O)N3)c1. The average Bonchev–Trinajstić information content (AvgIpc) is 3.29. The van der Waals surface area contributed by atoms with Crippen LogP contribution in [0.15, 0.2) is 48.7 Å². The standard InChI is InChI=1S/C21H19N5O2/c1-12-22-20(16-8-3-4-9-26(12)16)15-11-17(27)23-21-18(15)19(24-25-21)13-6-5-7-14(10-13)28-2/h3-10,15H,11H2,1-2H3,(H2,23,24,25,27)/t15-/m1/s1. The van der Waals surface area contributed by atoms with Gasteiger partial charge in [-0.15, -0.1) is 0 Å². The molecule has 0 saturated heterocycles. The molecule has 1 amide bonds. The van der Waals surface area contributed by atoms with Crippen molar-refractivity contribution in [2.45, 2.75) is 19.3 Å². The van der Waals surface area contributed by atoms with E-state index in [1.165, 1.54) is 0 Å². The predicted octanol–water partition coefficient (Wildman–Crippen LogP) is 3.52. The van der Waals surface area contributed by atoms with Gasteiger partial charge in [-0.05, 0) is 31.2 Å². The predicted molar refractivity (Wildman–Crippen MR) is 106 cm³/mol. The van der Waals surface area contributed by atoms with Crippen LogP contribution < -0.4 is 10.1 Å². The van der Waals surface area contributed by atoms with Gasteiger partial charge in [0.25, 0.3) is 0 Å². The minimum atomic E-state index is -0.185. The number of pyridine rings is 1. The highest BCUT2D eigenvalue weighted by Gasteiger charge is 2.34. The van der Waals surface area contributed by atoms with Crippen LogP contribution in [-0.2, 0) is 4.79 Å². The molecule has 1 aliphatic heterocycles. The second kappa shape index (κ2) is 6.23. The van der Waals surface area contributed by atoms with E-state index in [9.17, 15) is 4.79 Å². The quantitative estimate of drug-likeness (QED) is 0.575. The van der Waals surface area contributed by atoms with Gasteiger partial charge in [-0.25, -0.2) is 4.98 Å². The molecule has 4 aromatic rings. The van der Waals surface area contributed by atoms with Crippen LogP contribution in [-0.4, -0.2) is 32.6 Å². The summed E-state index contributed by atoms with van der Waals surface area (Å²) in [7, 11) is 1.64. The molecule has 5 rings (SSSR count). The fourth-order valence-corrected chi connectivity index (χ4v) is 3.96. The molecule has 0 unspecified atom stereocenters. The summed E-state index contributed by atoms with van der Waals surface area (Å²) >= 11 is 0. The molecular weight excluding hydrogens is 354 g/mol. The number of aromatic amines is 1. The van der Waals surface area contributed by atoms with E-state index in [2.05, 4.69) is 15.5 Å². The molecule has 1 aromatic carbocycles. The van der Waals surface area contributed by atoms with Crippen LogP contribution in [0.5, 0.6) is 5.75 Å². The van der Waals surface area contributed by atoms with E-state index in [1.807, 2.05) is 60.0 Å². The van der Waals surface area contributed by atoms with Gasteiger partial charge in [-0.3, -0.25) is 9.89 Å². The molecule has 7 nitrogen and oxygen atoms in total. The number of H-pyrrole nitrogens is 1. The van der Waals surface area contributed by atoms with Crippen molar-refractivity contribution < 1.29 is 9.53 Å². The number of methoxy groups -OCH3 is 1. The van der Waals surface area contributed by atoms with Gasteiger partial charge in [0.15, 0.2) is 5.82 Å². The Hall–Kier alpha value is -3.61. The third kappa shape index (κ3) is 2.47. The second-order valence-electron chi connectivity index (χ2n) is 6.90. The summed E-state index contributed by atoms with van der Waals surface area (Å²) < 4.78 is 7.42. The fraction of sp³-hybridized carbons (Fsp3) is 0.190. The fourth-order valence-electron chi connectivity index (χ4n) is 3.96. The van der Waals surface area contributed by atoms with Crippen molar-refractivity contribution in [1.29, 1.82) is 0 Å². The number of anilines is 1. The monoisotopic (exact) mass is 373 g/mol. The molecule has 3 aromatic heterocycles. The zero-order chi connectivity index (χ0) is 19.3. The number of carbonyl (C=O) groups excluding carboxylic acids is 1. The van der Waals surface area contributed by atoms with Crippen molar-refractivity contribution in [3.05, 3.63) is 65.7 Å². The minimum Gasteiger partial charge on any atom is -0.497 e. The number of benzene rings is 1. The van der Waals surface area contributed by atoms with E-state index < -0.39 is 0 Å². The number of aryl methyl sites for hydroxylation is 1. The molecule has 4 heterocycles. The summed E-state index contributed by atoms with van der Waals surface area (Å²) in [5, 5.41) is 10.4. The lowest BCUT2D eigenvalue weighted by Crippen LogP contribution is -2.23. The maximum absolute atomic E-state index is 12.4. The summed E-state index contributed by atoms with van der Waals surface area (Å²) in [6.07, 6.45) is 2.31. The largest absolute Gasteiger partial charge is 0.497 e. The molecular formula is C21H19N5O2. The highest BCUT2D eigenvalue weighted by Crippen LogP contribution is 2.43. The van der Waals surface area contributed by atoms with Crippen LogP contribution in [0.25, 0.3) is 16.8 Å². The van der Waals surface area contributed by atoms with Crippen LogP contribution >= 0.6 is 0 Å². The summed E-state index contributed by atoms with van der Waals surface area (Å²) in [5.41, 5.74) is 4.67. The first-order valence-electron chi connectivity index (χ1n) is 9.12. The van der Waals surface area contributed by atoms with E-state index >= 15 is 0 Å². The van der Waals surface area contributed by atoms with Crippen molar-refractivity contribution in [2.24, 2.45) is 0 Å². The molecule has 0 aliphatic carbocycles. The summed E-state index contributed by atoms with van der Waals surface area (Å²) in [4.78, 5) is 17.2. The molecule has 7 heteroatoms. The Labute approximate surface area is 161 Å². The Kier molecular flexibility index (Phi) is 3.68. The van der Waals surface area contributed by atoms with E-state index in [4.69, 9.17) is 9.72 Å². The van der Waals surface area contributed by atoms with Crippen molar-refractivity contribution in [2.75, 3.05) is 12.4 Å². The maximum Gasteiger partial charge on any atom is 0.226 e. The molecule has 28 heavy (non-hydrogen) atoms. The zero-order valence-corrected chi connectivity index (χ0v) is 15.6. The first-order valence-corrected chi connectivity index (χ1v) is 9.12. The molecule has 0 bridgehead atoms. The Morgan fingerprint density at radius 2 is 2.11 bits per heavy atom. The number of fused-ring (bicyclic) bond motifs is 2. The zero-order valence-electron chi connectivity index (χ0n) is 15.6. The molecule has 1 aliphatic rings. The number of imidazole rings is 1. The van der Waals surface area contributed by atoms with Gasteiger partial charge in [0.2, 0.25) is 5.91 Å².